The summed E-state index contributed by atoms with van der Waals surface area (Å²) >= 11 is 0. The van der Waals surface area contributed by atoms with Gasteiger partial charge in [-0.2, -0.15) is 10.4 Å². The number of benzene rings is 1. The Balaban J connectivity index is 2.33. The molecule has 0 saturated carbocycles. The fraction of sp³-hybridized carbons (Fsp3) is 0.375. The van der Waals surface area contributed by atoms with Crippen LogP contribution in [0.25, 0.3) is 0 Å². The number of hydrogen-bond donors (Lipinski definition) is 1. The van der Waals surface area contributed by atoms with Crippen LogP contribution in [0, 0.1) is 30.1 Å². The van der Waals surface area contributed by atoms with Gasteiger partial charge in [-0.3, -0.25) is 19.9 Å². The Morgan fingerprint density at radius 1 is 1.36 bits per heavy atom. The SMILES string of the molecule is CCN1C(=O)C(=NNc2ccccc2C)C(C)C(C#N)C1=O. The Bertz CT molecular complexity index is 675. The van der Waals surface area contributed by atoms with Crippen LogP contribution in [0.2, 0.25) is 0 Å². The Labute approximate surface area is 129 Å². The number of anilines is 1. The average molecular weight is 298 g/mol. The van der Waals surface area contributed by atoms with E-state index < -0.39 is 23.7 Å². The fourth-order valence-electron chi connectivity index (χ4n) is 2.41. The summed E-state index contributed by atoms with van der Waals surface area (Å²) in [5.41, 5.74) is 4.84. The number of piperidine rings is 1. The number of likely N-dealkylation sites (tertiary alicyclic amines) is 1. The first kappa shape index (κ1) is 15.7. The normalized spacial score (nSPS) is 23.5. The second kappa shape index (κ2) is 6.39. The number of nitrogens with zero attached hydrogens (tertiary/aromatic N) is 3. The molecule has 1 aliphatic rings. The first-order valence-electron chi connectivity index (χ1n) is 7.15. The van der Waals surface area contributed by atoms with Crippen LogP contribution in [0.5, 0.6) is 0 Å². The highest BCUT2D eigenvalue weighted by atomic mass is 16.2. The molecular weight excluding hydrogens is 280 g/mol. The van der Waals surface area contributed by atoms with Crippen molar-refractivity contribution in [2.24, 2.45) is 16.9 Å². The number of carbonyl (C=O) groups is 2. The zero-order valence-electron chi connectivity index (χ0n) is 12.8. The van der Waals surface area contributed by atoms with E-state index in [1.807, 2.05) is 37.3 Å². The Kier molecular flexibility index (Phi) is 4.56. The number of carbonyl (C=O) groups excluding carboxylic acids is 2. The molecule has 1 N–H and O–H groups in total. The number of hydrazone groups is 1. The molecule has 1 fully saturated rings. The lowest BCUT2D eigenvalue weighted by atomic mass is 9.85. The van der Waals surface area contributed by atoms with Gasteiger partial charge in [0.1, 0.15) is 11.6 Å². The maximum Gasteiger partial charge on any atom is 0.277 e. The highest BCUT2D eigenvalue weighted by Gasteiger charge is 2.43. The van der Waals surface area contributed by atoms with E-state index in [1.54, 1.807) is 13.8 Å². The summed E-state index contributed by atoms with van der Waals surface area (Å²) in [6, 6.07) is 9.52. The number of nitrogens with one attached hydrogen (secondary N) is 1. The first-order valence-corrected chi connectivity index (χ1v) is 7.15. The summed E-state index contributed by atoms with van der Waals surface area (Å²) < 4.78 is 0. The van der Waals surface area contributed by atoms with E-state index in [2.05, 4.69) is 10.5 Å². The van der Waals surface area contributed by atoms with Crippen molar-refractivity contribution >= 4 is 23.2 Å². The van der Waals surface area contributed by atoms with E-state index in [4.69, 9.17) is 0 Å². The van der Waals surface area contributed by atoms with Gasteiger partial charge in [0, 0.05) is 12.5 Å². The molecule has 1 aliphatic heterocycles. The van der Waals surface area contributed by atoms with Crippen molar-refractivity contribution in [3.63, 3.8) is 0 Å². The molecule has 1 heterocycles. The van der Waals surface area contributed by atoms with Crippen molar-refractivity contribution in [2.75, 3.05) is 12.0 Å². The standard InChI is InChI=1S/C16H18N4O2/c1-4-20-15(21)12(9-17)11(3)14(16(20)22)19-18-13-8-6-5-7-10(13)2/h5-8,11-12,18H,4H2,1-3H3. The van der Waals surface area contributed by atoms with Gasteiger partial charge in [0.2, 0.25) is 5.91 Å². The maximum absolute atomic E-state index is 12.4. The number of aryl methyl sites for hydroxylation is 1. The van der Waals surface area contributed by atoms with Crippen LogP contribution in [0.15, 0.2) is 29.4 Å². The zero-order chi connectivity index (χ0) is 16.3. The summed E-state index contributed by atoms with van der Waals surface area (Å²) in [6.07, 6.45) is 0. The Hall–Kier alpha value is -2.68. The van der Waals surface area contributed by atoms with E-state index >= 15 is 0 Å². The predicted molar refractivity (Wildman–Crippen MR) is 82.9 cm³/mol. The monoisotopic (exact) mass is 298 g/mol. The number of para-hydroxylation sites is 1. The molecular formula is C16H18N4O2. The van der Waals surface area contributed by atoms with Crippen molar-refractivity contribution in [3.05, 3.63) is 29.8 Å². The van der Waals surface area contributed by atoms with Crippen molar-refractivity contribution in [3.8, 4) is 6.07 Å². The summed E-state index contributed by atoms with van der Waals surface area (Å²) in [6.45, 7) is 5.53. The van der Waals surface area contributed by atoms with E-state index in [9.17, 15) is 14.9 Å². The first-order chi connectivity index (χ1) is 10.5. The molecule has 6 nitrogen and oxygen atoms in total. The van der Waals surface area contributed by atoms with Crippen molar-refractivity contribution in [1.82, 2.24) is 4.90 Å². The van der Waals surface area contributed by atoms with Crippen molar-refractivity contribution in [2.45, 2.75) is 20.8 Å². The van der Waals surface area contributed by atoms with Crippen LogP contribution in [-0.2, 0) is 9.59 Å². The largest absolute Gasteiger partial charge is 0.278 e. The van der Waals surface area contributed by atoms with Gasteiger partial charge in [-0.25, -0.2) is 0 Å². The van der Waals surface area contributed by atoms with Crippen LogP contribution in [-0.4, -0.2) is 29.0 Å². The van der Waals surface area contributed by atoms with Gasteiger partial charge >= 0.3 is 0 Å². The second-order valence-electron chi connectivity index (χ2n) is 5.21. The average Bonchev–Trinajstić information content (AvgIpc) is 2.49. The van der Waals surface area contributed by atoms with Gasteiger partial charge < -0.3 is 0 Å². The second-order valence-corrected chi connectivity index (χ2v) is 5.21. The highest BCUT2D eigenvalue weighted by molar-refractivity contribution is 6.44. The Morgan fingerprint density at radius 2 is 2.05 bits per heavy atom. The zero-order valence-corrected chi connectivity index (χ0v) is 12.8. The molecule has 1 saturated heterocycles. The lowest BCUT2D eigenvalue weighted by molar-refractivity contribution is -0.145. The van der Waals surface area contributed by atoms with Gasteiger partial charge in [0.25, 0.3) is 5.91 Å². The molecule has 0 bridgehead atoms. The van der Waals surface area contributed by atoms with E-state index in [1.165, 1.54) is 0 Å². The van der Waals surface area contributed by atoms with E-state index in [-0.39, 0.29) is 12.3 Å². The van der Waals surface area contributed by atoms with Crippen LogP contribution in [0.4, 0.5) is 5.69 Å². The molecule has 0 radical (unpaired) electrons. The molecule has 1 aromatic rings. The lowest BCUT2D eigenvalue weighted by Crippen LogP contribution is -2.53. The fourth-order valence-corrected chi connectivity index (χ4v) is 2.41. The number of amides is 2. The van der Waals surface area contributed by atoms with Crippen molar-refractivity contribution in [1.29, 1.82) is 5.26 Å². The van der Waals surface area contributed by atoms with E-state index in [0.29, 0.717) is 0 Å². The number of rotatable bonds is 3. The van der Waals surface area contributed by atoms with Crippen molar-refractivity contribution < 1.29 is 9.59 Å². The van der Waals surface area contributed by atoms with Gasteiger partial charge in [-0.1, -0.05) is 25.1 Å². The molecule has 0 aromatic heterocycles. The molecule has 0 spiro atoms. The topological polar surface area (TPSA) is 85.6 Å². The van der Waals surface area contributed by atoms with Gasteiger partial charge in [-0.15, -0.1) is 0 Å². The smallest absolute Gasteiger partial charge is 0.277 e. The van der Waals surface area contributed by atoms with Gasteiger partial charge in [0.05, 0.1) is 11.8 Å². The van der Waals surface area contributed by atoms with Crippen LogP contribution in [0.3, 0.4) is 0 Å². The third-order valence-electron chi connectivity index (χ3n) is 3.82. The minimum Gasteiger partial charge on any atom is -0.278 e. The number of hydrogen-bond acceptors (Lipinski definition) is 5. The lowest BCUT2D eigenvalue weighted by Gasteiger charge is -2.31. The predicted octanol–water partition coefficient (Wildman–Crippen LogP) is 1.93. The molecule has 2 amide bonds. The molecule has 0 aliphatic carbocycles. The van der Waals surface area contributed by atoms with Crippen LogP contribution in [0.1, 0.15) is 19.4 Å². The molecule has 2 rings (SSSR count). The van der Waals surface area contributed by atoms with Gasteiger partial charge in [-0.05, 0) is 25.5 Å². The third-order valence-corrected chi connectivity index (χ3v) is 3.82. The molecule has 2 atom stereocenters. The highest BCUT2D eigenvalue weighted by Crippen LogP contribution is 2.24. The quantitative estimate of drug-likeness (QED) is 0.682. The summed E-state index contributed by atoms with van der Waals surface area (Å²) in [4.78, 5) is 25.5. The summed E-state index contributed by atoms with van der Waals surface area (Å²) in [7, 11) is 0. The number of imide groups is 1. The Morgan fingerprint density at radius 3 is 2.64 bits per heavy atom. The summed E-state index contributed by atoms with van der Waals surface area (Å²) in [5.74, 6) is -2.30. The van der Waals surface area contributed by atoms with E-state index in [0.717, 1.165) is 16.2 Å². The molecule has 22 heavy (non-hydrogen) atoms. The third kappa shape index (κ3) is 2.70. The minimum atomic E-state index is -0.880. The molecule has 114 valence electrons. The van der Waals surface area contributed by atoms with Crippen LogP contribution >= 0.6 is 0 Å². The number of nitriles is 1. The van der Waals surface area contributed by atoms with Gasteiger partial charge in [0.15, 0.2) is 0 Å². The maximum atomic E-state index is 12.4. The van der Waals surface area contributed by atoms with Crippen LogP contribution < -0.4 is 5.43 Å². The molecule has 6 heteroatoms. The summed E-state index contributed by atoms with van der Waals surface area (Å²) in [5, 5.41) is 13.4. The molecule has 2 unspecified atom stereocenters. The molecule has 1 aromatic carbocycles. The minimum absolute atomic E-state index is 0.205.